The van der Waals surface area contributed by atoms with Gasteiger partial charge in [-0.3, -0.25) is 0 Å². The zero-order valence-electron chi connectivity index (χ0n) is 6.78. The van der Waals surface area contributed by atoms with Crippen molar-refractivity contribution in [3.05, 3.63) is 0 Å². The van der Waals surface area contributed by atoms with Gasteiger partial charge in [0.2, 0.25) is 0 Å². The summed E-state index contributed by atoms with van der Waals surface area (Å²) >= 11 is 0. The molecule has 0 amide bonds. The van der Waals surface area contributed by atoms with Crippen molar-refractivity contribution in [2.45, 2.75) is 26.3 Å². The molecule has 0 bridgehead atoms. The molecule has 1 atom stereocenters. The van der Waals surface area contributed by atoms with Crippen molar-refractivity contribution in [3.63, 3.8) is 0 Å². The van der Waals surface area contributed by atoms with Crippen LogP contribution in [0.15, 0.2) is 0 Å². The lowest BCUT2D eigenvalue weighted by Gasteiger charge is -2.13. The minimum absolute atomic E-state index is 0.464. The Kier molecular flexibility index (Phi) is 6.78. The zero-order chi connectivity index (χ0) is 7.82. The van der Waals surface area contributed by atoms with Crippen LogP contribution in [-0.4, -0.2) is 13.1 Å². The third kappa shape index (κ3) is 5.93. The van der Waals surface area contributed by atoms with E-state index in [4.69, 9.17) is 0 Å². The maximum Gasteiger partial charge on any atom is 0.0195 e. The Balaban J connectivity index is 2.89. The van der Waals surface area contributed by atoms with Gasteiger partial charge in [0.15, 0.2) is 0 Å². The molecular formula is C5H17N5. The summed E-state index contributed by atoms with van der Waals surface area (Å²) < 4.78 is 0. The summed E-state index contributed by atoms with van der Waals surface area (Å²) in [5.74, 6) is 0. The number of nitrogens with one attached hydrogen (secondary N) is 5. The molecule has 0 saturated carbocycles. The van der Waals surface area contributed by atoms with Gasteiger partial charge >= 0.3 is 0 Å². The molecule has 0 spiro atoms. The Labute approximate surface area is 61.8 Å². The topological polar surface area (TPSA) is 60.1 Å². The maximum atomic E-state index is 3.00. The normalized spacial score (nSPS) is 13.5. The predicted octanol–water partition coefficient (Wildman–Crippen LogP) is -0.977. The molecule has 0 aliphatic rings. The van der Waals surface area contributed by atoms with Gasteiger partial charge in [0.1, 0.15) is 0 Å². The van der Waals surface area contributed by atoms with Crippen LogP contribution in [0.5, 0.6) is 0 Å². The number of hydrazine groups is 4. The summed E-state index contributed by atoms with van der Waals surface area (Å²) in [6.07, 6.45) is 1.09. The van der Waals surface area contributed by atoms with Crippen LogP contribution in [0.25, 0.3) is 0 Å². The van der Waals surface area contributed by atoms with Crippen LogP contribution in [0, 0.1) is 0 Å². The molecule has 0 radical (unpaired) electrons. The highest BCUT2D eigenvalue weighted by Crippen LogP contribution is 1.82. The van der Waals surface area contributed by atoms with Gasteiger partial charge in [0.25, 0.3) is 0 Å². The summed E-state index contributed by atoms with van der Waals surface area (Å²) in [7, 11) is 1.78. The minimum Gasteiger partial charge on any atom is -0.246 e. The second kappa shape index (κ2) is 6.91. The van der Waals surface area contributed by atoms with Crippen LogP contribution in [0.2, 0.25) is 0 Å². The van der Waals surface area contributed by atoms with Crippen molar-refractivity contribution in [2.24, 2.45) is 0 Å². The van der Waals surface area contributed by atoms with Gasteiger partial charge in [-0.1, -0.05) is 6.92 Å². The summed E-state index contributed by atoms with van der Waals surface area (Å²) in [4.78, 5) is 0. The van der Waals surface area contributed by atoms with Gasteiger partial charge in [0, 0.05) is 6.04 Å². The van der Waals surface area contributed by atoms with Gasteiger partial charge < -0.3 is 0 Å². The Morgan fingerprint density at radius 1 is 1.20 bits per heavy atom. The lowest BCUT2D eigenvalue weighted by Crippen LogP contribution is -2.56. The summed E-state index contributed by atoms with van der Waals surface area (Å²) in [6, 6.07) is 0.464. The van der Waals surface area contributed by atoms with Gasteiger partial charge in [-0.15, -0.1) is 0 Å². The number of hydrogen-bond donors (Lipinski definition) is 5. The quantitative estimate of drug-likeness (QED) is 0.247. The van der Waals surface area contributed by atoms with Crippen LogP contribution < -0.4 is 27.5 Å². The van der Waals surface area contributed by atoms with E-state index in [2.05, 4.69) is 41.3 Å². The Bertz CT molecular complexity index is 67.1. The Hall–Kier alpha value is -0.200. The molecule has 5 N–H and O–H groups in total. The van der Waals surface area contributed by atoms with E-state index in [1.807, 2.05) is 0 Å². The molecule has 0 aromatic rings. The first kappa shape index (κ1) is 9.80. The van der Waals surface area contributed by atoms with Crippen LogP contribution >= 0.6 is 0 Å². The molecule has 0 fully saturated rings. The van der Waals surface area contributed by atoms with E-state index in [0.29, 0.717) is 6.04 Å². The molecule has 1 unspecified atom stereocenters. The van der Waals surface area contributed by atoms with Gasteiger partial charge in [0.05, 0.1) is 0 Å². The van der Waals surface area contributed by atoms with Gasteiger partial charge in [-0.2, -0.15) is 16.6 Å². The van der Waals surface area contributed by atoms with E-state index in [1.165, 1.54) is 0 Å². The lowest BCUT2D eigenvalue weighted by molar-refractivity contribution is 0.311. The lowest BCUT2D eigenvalue weighted by atomic mass is 10.3. The summed E-state index contributed by atoms with van der Waals surface area (Å²) in [5.41, 5.74) is 13.8. The zero-order valence-corrected chi connectivity index (χ0v) is 6.78. The molecule has 0 aromatic heterocycles. The highest BCUT2D eigenvalue weighted by Gasteiger charge is 1.92. The fourth-order valence-corrected chi connectivity index (χ4v) is 0.355. The molecule has 10 heavy (non-hydrogen) atoms. The summed E-state index contributed by atoms with van der Waals surface area (Å²) in [6.45, 7) is 4.21. The van der Waals surface area contributed by atoms with E-state index in [9.17, 15) is 0 Å². The van der Waals surface area contributed by atoms with E-state index < -0.39 is 0 Å². The standard InChI is InChI=1S/C5H17N5/c1-4-5(2)7-9-10-8-6-3/h5-10H,4H2,1-3H3. The van der Waals surface area contributed by atoms with Crippen LogP contribution in [-0.2, 0) is 0 Å². The maximum absolute atomic E-state index is 3.00. The fraction of sp³-hybridized carbons (Fsp3) is 1.00. The molecule has 62 valence electrons. The highest BCUT2D eigenvalue weighted by atomic mass is 15.8. The molecule has 5 nitrogen and oxygen atoms in total. The van der Waals surface area contributed by atoms with Gasteiger partial charge in [-0.05, 0) is 20.4 Å². The SMILES string of the molecule is CCC(C)NNNNNC. The second-order valence-corrected chi connectivity index (χ2v) is 2.08. The molecular weight excluding hydrogens is 130 g/mol. The number of rotatable bonds is 6. The first-order valence-electron chi connectivity index (χ1n) is 3.48. The minimum atomic E-state index is 0.464. The predicted molar refractivity (Wildman–Crippen MR) is 41.4 cm³/mol. The van der Waals surface area contributed by atoms with Crippen molar-refractivity contribution in [1.29, 1.82) is 0 Å². The van der Waals surface area contributed by atoms with Crippen LogP contribution in [0.4, 0.5) is 0 Å². The van der Waals surface area contributed by atoms with E-state index >= 15 is 0 Å². The molecule has 0 aliphatic heterocycles. The highest BCUT2D eigenvalue weighted by molar-refractivity contribution is 4.49. The van der Waals surface area contributed by atoms with Gasteiger partial charge in [-0.25, -0.2) is 10.9 Å². The molecule has 0 saturated heterocycles. The van der Waals surface area contributed by atoms with Crippen molar-refractivity contribution >= 4 is 0 Å². The summed E-state index contributed by atoms with van der Waals surface area (Å²) in [5, 5.41) is 0. The first-order valence-corrected chi connectivity index (χ1v) is 3.48. The van der Waals surface area contributed by atoms with Crippen LogP contribution in [0.3, 0.4) is 0 Å². The Morgan fingerprint density at radius 3 is 2.40 bits per heavy atom. The fourth-order valence-electron chi connectivity index (χ4n) is 0.355. The third-order valence-electron chi connectivity index (χ3n) is 1.18. The molecule has 0 aromatic carbocycles. The monoisotopic (exact) mass is 147 g/mol. The second-order valence-electron chi connectivity index (χ2n) is 2.08. The third-order valence-corrected chi connectivity index (χ3v) is 1.18. The van der Waals surface area contributed by atoms with Crippen molar-refractivity contribution in [3.8, 4) is 0 Å². The van der Waals surface area contributed by atoms with E-state index in [0.717, 1.165) is 6.42 Å². The van der Waals surface area contributed by atoms with Crippen molar-refractivity contribution in [2.75, 3.05) is 7.05 Å². The molecule has 0 rings (SSSR count). The number of hydrogen-bond acceptors (Lipinski definition) is 5. The molecule has 5 heteroatoms. The van der Waals surface area contributed by atoms with E-state index in [1.54, 1.807) is 7.05 Å². The Morgan fingerprint density at radius 2 is 1.90 bits per heavy atom. The first-order chi connectivity index (χ1) is 4.81. The van der Waals surface area contributed by atoms with Crippen LogP contribution in [0.1, 0.15) is 20.3 Å². The van der Waals surface area contributed by atoms with E-state index in [-0.39, 0.29) is 0 Å². The molecule has 0 heterocycles. The van der Waals surface area contributed by atoms with Crippen molar-refractivity contribution in [1.82, 2.24) is 27.5 Å². The smallest absolute Gasteiger partial charge is 0.0195 e. The molecule has 0 aliphatic carbocycles. The average molecular weight is 147 g/mol. The van der Waals surface area contributed by atoms with Crippen molar-refractivity contribution < 1.29 is 0 Å². The largest absolute Gasteiger partial charge is 0.246 e. The average Bonchev–Trinajstić information content (AvgIpc) is 1.98.